The van der Waals surface area contributed by atoms with Crippen LogP contribution in [-0.2, 0) is 10.5 Å². The lowest BCUT2D eigenvalue weighted by Gasteiger charge is -2.19. The summed E-state index contributed by atoms with van der Waals surface area (Å²) in [6, 6.07) is 15.9. The van der Waals surface area contributed by atoms with E-state index in [2.05, 4.69) is 20.5 Å². The van der Waals surface area contributed by atoms with Crippen LogP contribution >= 0.6 is 23.4 Å². The summed E-state index contributed by atoms with van der Waals surface area (Å²) < 4.78 is 21.6. The third-order valence-electron chi connectivity index (χ3n) is 5.96. The van der Waals surface area contributed by atoms with Crippen LogP contribution < -0.4 is 5.32 Å². The van der Waals surface area contributed by atoms with E-state index in [0.717, 1.165) is 5.56 Å². The zero-order valence-corrected chi connectivity index (χ0v) is 24.3. The normalized spacial score (nSPS) is 11.5. The standard InChI is InChI=1S/C30H25ClFN5O4S/c1-30(2,3)41-29(40)37-12-10-20-23(9-11-33-26(20)37)34-25-15-24(21-14-19(31)7-8-22(21)32)35-36-27(25)42-16-17-5-4-6-18(13-17)28(38)39/h4-15H,16H2,1-3H3,(H,38,39)(H,33,34,35). The van der Waals surface area contributed by atoms with Crippen LogP contribution in [0.4, 0.5) is 20.6 Å². The van der Waals surface area contributed by atoms with Crippen molar-refractivity contribution >= 4 is 57.8 Å². The van der Waals surface area contributed by atoms with Gasteiger partial charge in [-0.15, -0.1) is 10.2 Å². The molecule has 9 nitrogen and oxygen atoms in total. The Morgan fingerprint density at radius 2 is 1.88 bits per heavy atom. The first-order valence-electron chi connectivity index (χ1n) is 12.7. The Kier molecular flexibility index (Phi) is 8.15. The molecule has 0 spiro atoms. The molecule has 0 saturated heterocycles. The van der Waals surface area contributed by atoms with Gasteiger partial charge >= 0.3 is 12.1 Å². The number of aromatic nitrogens is 4. The third-order valence-corrected chi connectivity index (χ3v) is 7.25. The van der Waals surface area contributed by atoms with Crippen molar-refractivity contribution in [2.24, 2.45) is 0 Å². The van der Waals surface area contributed by atoms with Crippen molar-refractivity contribution in [1.29, 1.82) is 0 Å². The van der Waals surface area contributed by atoms with E-state index in [0.29, 0.717) is 38.2 Å². The van der Waals surface area contributed by atoms with Crippen LogP contribution in [0, 0.1) is 5.82 Å². The molecule has 2 aromatic carbocycles. The number of carbonyl (C=O) groups excluding carboxylic acids is 1. The van der Waals surface area contributed by atoms with E-state index in [1.807, 2.05) is 6.07 Å². The van der Waals surface area contributed by atoms with Crippen molar-refractivity contribution in [3.8, 4) is 11.3 Å². The van der Waals surface area contributed by atoms with Crippen molar-refractivity contribution in [1.82, 2.24) is 19.7 Å². The van der Waals surface area contributed by atoms with Gasteiger partial charge in [0.15, 0.2) is 5.65 Å². The van der Waals surface area contributed by atoms with Crippen LogP contribution in [0.1, 0.15) is 36.7 Å². The van der Waals surface area contributed by atoms with Gasteiger partial charge in [-0.25, -0.2) is 23.5 Å². The second-order valence-corrected chi connectivity index (χ2v) is 11.7. The number of hydrogen-bond acceptors (Lipinski definition) is 8. The summed E-state index contributed by atoms with van der Waals surface area (Å²) in [5, 5.41) is 22.8. The molecule has 0 amide bonds. The number of rotatable bonds is 7. The molecule has 0 fully saturated rings. The van der Waals surface area contributed by atoms with E-state index < -0.39 is 23.5 Å². The molecule has 0 unspecified atom stereocenters. The first-order chi connectivity index (χ1) is 20.0. The molecule has 2 N–H and O–H groups in total. The minimum Gasteiger partial charge on any atom is -0.478 e. The van der Waals surface area contributed by atoms with Gasteiger partial charge in [-0.3, -0.25) is 0 Å². The van der Waals surface area contributed by atoms with E-state index in [9.17, 15) is 19.1 Å². The maximum atomic E-state index is 14.7. The Hall–Kier alpha value is -4.48. The lowest BCUT2D eigenvalue weighted by Crippen LogP contribution is -2.26. The van der Waals surface area contributed by atoms with Crippen LogP contribution in [0.5, 0.6) is 0 Å². The highest BCUT2D eigenvalue weighted by molar-refractivity contribution is 7.98. The van der Waals surface area contributed by atoms with Crippen molar-refractivity contribution in [3.63, 3.8) is 0 Å². The van der Waals surface area contributed by atoms with E-state index in [1.165, 1.54) is 40.6 Å². The number of pyridine rings is 1. The Bertz CT molecular complexity index is 1820. The maximum absolute atomic E-state index is 14.7. The fraction of sp³-hybridized carbons (Fsp3) is 0.167. The van der Waals surface area contributed by atoms with Crippen LogP contribution in [0.25, 0.3) is 22.3 Å². The average Bonchev–Trinajstić information content (AvgIpc) is 3.38. The summed E-state index contributed by atoms with van der Waals surface area (Å²) in [6.07, 6.45) is 2.58. The predicted molar refractivity (Wildman–Crippen MR) is 160 cm³/mol. The number of anilines is 2. The Morgan fingerprint density at radius 1 is 1.07 bits per heavy atom. The molecule has 42 heavy (non-hydrogen) atoms. The number of carboxylic acid groups (broad SMARTS) is 1. The number of carbonyl (C=O) groups is 2. The number of aromatic carboxylic acids is 1. The van der Waals surface area contributed by atoms with Gasteiger partial charge in [0.05, 0.1) is 22.6 Å². The van der Waals surface area contributed by atoms with Gasteiger partial charge in [-0.1, -0.05) is 35.5 Å². The number of ether oxygens (including phenoxy) is 1. The predicted octanol–water partition coefficient (Wildman–Crippen LogP) is 7.80. The quantitative estimate of drug-likeness (QED) is 0.179. The van der Waals surface area contributed by atoms with Crippen LogP contribution in [0.3, 0.4) is 0 Å². The first kappa shape index (κ1) is 29.0. The number of halogens is 2. The van der Waals surface area contributed by atoms with Crippen LogP contribution in [-0.4, -0.2) is 42.5 Å². The first-order valence-corrected chi connectivity index (χ1v) is 14.1. The van der Waals surface area contributed by atoms with E-state index >= 15 is 0 Å². The number of benzene rings is 2. The number of nitrogens with one attached hydrogen (secondary N) is 1. The highest BCUT2D eigenvalue weighted by atomic mass is 35.5. The van der Waals surface area contributed by atoms with Gasteiger partial charge in [0.2, 0.25) is 0 Å². The molecule has 0 atom stereocenters. The summed E-state index contributed by atoms with van der Waals surface area (Å²) in [5.74, 6) is -1.13. The van der Waals surface area contributed by atoms with Gasteiger partial charge < -0.3 is 15.2 Å². The van der Waals surface area contributed by atoms with Gasteiger partial charge in [-0.2, -0.15) is 0 Å². The molecular formula is C30H25ClFN5O4S. The monoisotopic (exact) mass is 605 g/mol. The largest absolute Gasteiger partial charge is 0.478 e. The summed E-state index contributed by atoms with van der Waals surface area (Å²) in [4.78, 5) is 28.6. The molecule has 5 rings (SSSR count). The van der Waals surface area contributed by atoms with Gasteiger partial charge in [0.1, 0.15) is 16.4 Å². The molecule has 0 bridgehead atoms. The molecule has 0 aliphatic rings. The second-order valence-electron chi connectivity index (χ2n) is 10.3. The van der Waals surface area contributed by atoms with E-state index in [4.69, 9.17) is 16.3 Å². The number of carboxylic acids is 1. The summed E-state index contributed by atoms with van der Waals surface area (Å²) in [5.41, 5.74) is 2.22. The van der Waals surface area contributed by atoms with Crippen molar-refractivity contribution in [2.45, 2.75) is 37.2 Å². The molecule has 0 radical (unpaired) electrons. The topological polar surface area (TPSA) is 119 Å². The van der Waals surface area contributed by atoms with E-state index in [-0.39, 0.29) is 16.8 Å². The van der Waals surface area contributed by atoms with Crippen LogP contribution in [0.2, 0.25) is 5.02 Å². The van der Waals surface area contributed by atoms with Crippen molar-refractivity contribution in [3.05, 3.63) is 95.0 Å². The van der Waals surface area contributed by atoms with Gasteiger partial charge in [0, 0.05) is 34.1 Å². The number of hydrogen-bond donors (Lipinski definition) is 2. The molecular weight excluding hydrogens is 581 g/mol. The summed E-state index contributed by atoms with van der Waals surface area (Å²) in [6.45, 7) is 5.35. The highest BCUT2D eigenvalue weighted by Gasteiger charge is 2.21. The Labute approximate surface area is 249 Å². The molecule has 3 aromatic heterocycles. The van der Waals surface area contributed by atoms with Gasteiger partial charge in [0.25, 0.3) is 0 Å². The smallest absolute Gasteiger partial charge is 0.420 e. The second kappa shape index (κ2) is 11.8. The zero-order valence-electron chi connectivity index (χ0n) is 22.8. The lowest BCUT2D eigenvalue weighted by atomic mass is 10.1. The van der Waals surface area contributed by atoms with Crippen LogP contribution in [0.15, 0.2) is 78.1 Å². The number of thioether (sulfide) groups is 1. The Morgan fingerprint density at radius 3 is 2.64 bits per heavy atom. The SMILES string of the molecule is CC(C)(C)OC(=O)n1ccc2c(Nc3cc(-c4cc(Cl)ccc4F)nnc3SCc3cccc(C(=O)O)c3)ccnc21. The minimum atomic E-state index is -1.02. The Balaban J connectivity index is 1.53. The zero-order chi connectivity index (χ0) is 30.0. The molecule has 0 aliphatic carbocycles. The molecule has 5 aromatic rings. The summed E-state index contributed by atoms with van der Waals surface area (Å²) in [7, 11) is 0. The number of fused-ring (bicyclic) bond motifs is 1. The highest BCUT2D eigenvalue weighted by Crippen LogP contribution is 2.35. The summed E-state index contributed by atoms with van der Waals surface area (Å²) >= 11 is 7.46. The third kappa shape index (κ3) is 6.53. The molecule has 214 valence electrons. The maximum Gasteiger partial charge on any atom is 0.420 e. The van der Waals surface area contributed by atoms with Crippen molar-refractivity contribution in [2.75, 3.05) is 5.32 Å². The lowest BCUT2D eigenvalue weighted by molar-refractivity contribution is 0.0543. The minimum absolute atomic E-state index is 0.179. The fourth-order valence-corrected chi connectivity index (χ4v) is 5.12. The molecule has 0 saturated carbocycles. The van der Waals surface area contributed by atoms with Crippen molar-refractivity contribution < 1.29 is 23.8 Å². The fourth-order valence-electron chi connectivity index (χ4n) is 4.10. The average molecular weight is 606 g/mol. The molecule has 0 aliphatic heterocycles. The molecule has 3 heterocycles. The number of nitrogens with zero attached hydrogens (tertiary/aromatic N) is 4. The van der Waals surface area contributed by atoms with E-state index in [1.54, 1.807) is 63.5 Å². The van der Waals surface area contributed by atoms with Gasteiger partial charge in [-0.05, 0) is 74.9 Å². The molecule has 12 heteroatoms.